The zero-order valence-corrected chi connectivity index (χ0v) is 26.6. The fourth-order valence-corrected chi connectivity index (χ4v) is 6.22. The molecule has 8 bridgehead atoms. The van der Waals surface area contributed by atoms with Crippen LogP contribution in [-0.4, -0.2) is 42.1 Å². The fourth-order valence-electron chi connectivity index (χ4n) is 6.22. The Morgan fingerprint density at radius 2 is 1.02 bits per heavy atom. The quantitative estimate of drug-likeness (QED) is 0.191. The van der Waals surface area contributed by atoms with Crippen molar-refractivity contribution in [2.24, 2.45) is 0 Å². The van der Waals surface area contributed by atoms with Gasteiger partial charge in [-0.15, -0.1) is 0 Å². The minimum atomic E-state index is -0.869. The third-order valence-electron chi connectivity index (χ3n) is 8.69. The number of nitrogens with one attached hydrogen (secondary N) is 2. The van der Waals surface area contributed by atoms with Crippen molar-refractivity contribution in [3.05, 3.63) is 69.3 Å². The average molecular weight is 623 g/mol. The predicted octanol–water partition coefficient (Wildman–Crippen LogP) is 7.64. The van der Waals surface area contributed by atoms with Crippen molar-refractivity contribution in [3.63, 3.8) is 0 Å². The van der Waals surface area contributed by atoms with Crippen LogP contribution in [0.2, 0.25) is 0 Å². The largest absolute Gasteiger partial charge is 3.00 e. The molecule has 5 rings (SSSR count). The van der Waals surface area contributed by atoms with E-state index in [1.807, 2.05) is 26.0 Å². The van der Waals surface area contributed by atoms with Gasteiger partial charge in [-0.2, -0.15) is 0 Å². The summed E-state index contributed by atoms with van der Waals surface area (Å²) >= 11 is 0. The Balaban J connectivity index is 0.00000423. The van der Waals surface area contributed by atoms with Gasteiger partial charge in [-0.25, -0.2) is 9.97 Å². The fraction of sp³-hybridized carbons (Fsp3) is 0.353. The van der Waals surface area contributed by atoms with Crippen LogP contribution in [0, 0.1) is 13.8 Å². The molecule has 1 radical (unpaired) electrons. The second kappa shape index (κ2) is 12.7. The van der Waals surface area contributed by atoms with Crippen LogP contribution in [0.15, 0.2) is 24.3 Å². The van der Waals surface area contributed by atoms with Gasteiger partial charge in [0.1, 0.15) is 0 Å². The Hall–Kier alpha value is -3.94. The number of hydrogen-bond donors (Lipinski definition) is 4. The molecule has 0 saturated heterocycles. The molecule has 0 aromatic carbocycles. The number of hydrogen-bond acceptors (Lipinski definition) is 4. The van der Waals surface area contributed by atoms with Crippen molar-refractivity contribution in [2.75, 3.05) is 0 Å². The molecule has 0 spiro atoms. The molecule has 0 saturated carbocycles. The number of nitrogens with zero attached hydrogens (tertiary/aromatic N) is 2. The third-order valence-corrected chi connectivity index (χ3v) is 8.69. The summed E-state index contributed by atoms with van der Waals surface area (Å²) in [4.78, 5) is 40.3. The minimum Gasteiger partial charge on any atom is -0.481 e. The number of aromatic amines is 2. The van der Waals surface area contributed by atoms with E-state index in [4.69, 9.17) is 9.97 Å². The second-order valence-corrected chi connectivity index (χ2v) is 11.2. The molecule has 2 aliphatic heterocycles. The van der Waals surface area contributed by atoms with E-state index >= 15 is 0 Å². The first-order chi connectivity index (χ1) is 20.0. The number of fused-ring (bicyclic) bond motifs is 8. The summed E-state index contributed by atoms with van der Waals surface area (Å²) in [6, 6.07) is 8.19. The van der Waals surface area contributed by atoms with Crippen LogP contribution in [0.4, 0.5) is 0 Å². The summed E-state index contributed by atoms with van der Waals surface area (Å²) in [5.41, 5.74) is 15.4. The number of carboxylic acid groups (broad SMARTS) is 2. The number of H-pyrrole nitrogens is 2. The zero-order chi connectivity index (χ0) is 30.3. The Morgan fingerprint density at radius 1 is 0.628 bits per heavy atom. The smallest absolute Gasteiger partial charge is 0.481 e. The number of allylic oxidation sites excluding steroid dienone is 4. The van der Waals surface area contributed by atoms with E-state index in [-0.39, 0.29) is 29.9 Å². The van der Waals surface area contributed by atoms with Gasteiger partial charge in [0, 0.05) is 34.9 Å². The van der Waals surface area contributed by atoms with Gasteiger partial charge in [0.25, 0.3) is 0 Å². The molecule has 0 aliphatic carbocycles. The van der Waals surface area contributed by atoms with Crippen molar-refractivity contribution < 1.29 is 36.9 Å². The van der Waals surface area contributed by atoms with Crippen LogP contribution in [0.3, 0.4) is 0 Å². The van der Waals surface area contributed by atoms with Crippen molar-refractivity contribution in [3.8, 4) is 0 Å². The Kier molecular flexibility index (Phi) is 9.47. The third kappa shape index (κ3) is 6.10. The SMILES string of the molecule is CCc1c(C)c2cc3[nH]c(cc4nc(cc5nc(cc1[nH]2)C(C)=C5CCC(=O)O)C(CCC(=O)O)=C4C)c(C)c3CC.[Fe+3]. The molecule has 0 atom stereocenters. The van der Waals surface area contributed by atoms with Gasteiger partial charge >= 0.3 is 29.0 Å². The summed E-state index contributed by atoms with van der Waals surface area (Å²) in [6.45, 7) is 12.5. The molecule has 8 nitrogen and oxygen atoms in total. The molecule has 5 heterocycles. The number of aromatic nitrogens is 4. The van der Waals surface area contributed by atoms with E-state index in [0.717, 1.165) is 74.2 Å². The summed E-state index contributed by atoms with van der Waals surface area (Å²) in [5, 5.41) is 18.9. The van der Waals surface area contributed by atoms with E-state index in [1.54, 1.807) is 0 Å². The molecule has 2 aliphatic rings. The first kappa shape index (κ1) is 32.0. The summed E-state index contributed by atoms with van der Waals surface area (Å²) in [6.07, 6.45) is 2.37. The summed E-state index contributed by atoms with van der Waals surface area (Å²) in [5.74, 6) is -1.74. The molecular weight excluding hydrogens is 584 g/mol. The maximum Gasteiger partial charge on any atom is 3.00 e. The van der Waals surface area contributed by atoms with Gasteiger partial charge in [-0.3, -0.25) is 9.59 Å². The average Bonchev–Trinajstić information content (AvgIpc) is 3.59. The number of rotatable bonds is 8. The molecule has 223 valence electrons. The summed E-state index contributed by atoms with van der Waals surface area (Å²) < 4.78 is 0. The van der Waals surface area contributed by atoms with Crippen molar-refractivity contribution in [1.82, 2.24) is 19.9 Å². The Labute approximate surface area is 261 Å². The molecule has 3 aromatic heterocycles. The number of aryl methyl sites for hydroxylation is 4. The van der Waals surface area contributed by atoms with Crippen LogP contribution >= 0.6 is 0 Å². The van der Waals surface area contributed by atoms with Crippen molar-refractivity contribution >= 4 is 56.3 Å². The van der Waals surface area contributed by atoms with Crippen LogP contribution < -0.4 is 0 Å². The Morgan fingerprint density at radius 3 is 1.44 bits per heavy atom. The molecule has 0 unspecified atom stereocenters. The van der Waals surface area contributed by atoms with E-state index in [9.17, 15) is 19.8 Å². The van der Waals surface area contributed by atoms with Gasteiger partial charge < -0.3 is 20.2 Å². The molecule has 0 fully saturated rings. The molecule has 43 heavy (non-hydrogen) atoms. The topological polar surface area (TPSA) is 132 Å². The monoisotopic (exact) mass is 622 g/mol. The van der Waals surface area contributed by atoms with Crippen LogP contribution in [0.1, 0.15) is 98.4 Å². The summed E-state index contributed by atoms with van der Waals surface area (Å²) in [7, 11) is 0. The number of aliphatic carboxylic acids is 2. The standard InChI is InChI=1S/C34H38N4O4.Fe/c1-7-21-17(3)25-13-26-19(5)23(9-11-33(39)40)31(37-26)16-32-24(10-12-34(41)42)20(6)28(38-32)15-30-22(8-2)18(4)27(36-30)14-29(21)35-25;/h13-16,35-36H,7-12H2,1-6H3,(H,39,40)(H,41,42);/q;+3. The van der Waals surface area contributed by atoms with Gasteiger partial charge in [0.05, 0.1) is 22.8 Å². The second-order valence-electron chi connectivity index (χ2n) is 11.2. The minimum absolute atomic E-state index is 0. The number of carbonyl (C=O) groups is 2. The molecule has 3 aromatic rings. The van der Waals surface area contributed by atoms with E-state index < -0.39 is 11.9 Å². The maximum absolute atomic E-state index is 11.5. The predicted molar refractivity (Wildman–Crippen MR) is 168 cm³/mol. The molecule has 0 amide bonds. The normalized spacial score (nSPS) is 13.0. The first-order valence-corrected chi connectivity index (χ1v) is 14.6. The van der Waals surface area contributed by atoms with Crippen LogP contribution in [0.25, 0.3) is 44.4 Å². The van der Waals surface area contributed by atoms with E-state index in [0.29, 0.717) is 24.2 Å². The first-order valence-electron chi connectivity index (χ1n) is 14.6. The number of carboxylic acids is 2. The van der Waals surface area contributed by atoms with Crippen molar-refractivity contribution in [1.29, 1.82) is 0 Å². The van der Waals surface area contributed by atoms with Crippen molar-refractivity contribution in [2.45, 2.75) is 80.1 Å². The Bertz CT molecular complexity index is 1860. The molecule has 4 N–H and O–H groups in total. The van der Waals surface area contributed by atoms with Crippen LogP contribution in [0.5, 0.6) is 0 Å². The van der Waals surface area contributed by atoms with E-state index in [2.05, 4.69) is 49.8 Å². The van der Waals surface area contributed by atoms with Gasteiger partial charge in [-0.05, 0) is 122 Å². The maximum atomic E-state index is 11.5. The van der Waals surface area contributed by atoms with E-state index in [1.165, 1.54) is 16.7 Å². The van der Waals surface area contributed by atoms with Crippen LogP contribution in [-0.2, 0) is 39.5 Å². The molecular formula is C34H38FeN4O4+3. The molecule has 9 heteroatoms. The van der Waals surface area contributed by atoms with Gasteiger partial charge in [0.2, 0.25) is 0 Å². The van der Waals surface area contributed by atoms with Gasteiger partial charge in [-0.1, -0.05) is 13.8 Å². The van der Waals surface area contributed by atoms with Gasteiger partial charge in [0.15, 0.2) is 0 Å². The zero-order valence-electron chi connectivity index (χ0n) is 25.5.